The molecule has 8 heteroatoms. The number of halogens is 3. The number of rotatable bonds is 8. The number of morpholine rings is 1. The van der Waals surface area contributed by atoms with Gasteiger partial charge in [0.25, 0.3) is 0 Å². The summed E-state index contributed by atoms with van der Waals surface area (Å²) in [5.41, 5.74) is 0.550. The summed E-state index contributed by atoms with van der Waals surface area (Å²) in [7, 11) is 0. The average Bonchev–Trinajstić information content (AvgIpc) is 3.30. The molecule has 1 atom stereocenters. The van der Waals surface area contributed by atoms with E-state index in [9.17, 15) is 18.3 Å². The maximum Gasteiger partial charge on any atom is 0.417 e. The van der Waals surface area contributed by atoms with Crippen molar-refractivity contribution in [3.05, 3.63) is 89.7 Å². The zero-order chi connectivity index (χ0) is 27.7. The van der Waals surface area contributed by atoms with Crippen molar-refractivity contribution >= 4 is 10.9 Å². The van der Waals surface area contributed by atoms with E-state index in [-0.39, 0.29) is 0 Å². The lowest BCUT2D eigenvalue weighted by Gasteiger charge is -2.38. The Hall–Kier alpha value is -3.20. The lowest BCUT2D eigenvalue weighted by Crippen LogP contribution is -2.50. The summed E-state index contributed by atoms with van der Waals surface area (Å²) in [6.45, 7) is 7.26. The molecule has 206 valence electrons. The Morgan fingerprint density at radius 1 is 0.974 bits per heavy atom. The Labute approximate surface area is 226 Å². The highest BCUT2D eigenvalue weighted by Crippen LogP contribution is 2.43. The molecule has 0 bridgehead atoms. The van der Waals surface area contributed by atoms with Crippen LogP contribution >= 0.6 is 0 Å². The predicted octanol–water partition coefficient (Wildman–Crippen LogP) is 6.27. The van der Waals surface area contributed by atoms with Crippen LogP contribution in [0.3, 0.4) is 0 Å². The van der Waals surface area contributed by atoms with E-state index < -0.39 is 30.0 Å². The van der Waals surface area contributed by atoms with E-state index in [0.29, 0.717) is 31.0 Å². The number of fused-ring (bicyclic) bond motifs is 1. The highest BCUT2D eigenvalue weighted by atomic mass is 19.4. The number of pyridine rings is 1. The molecule has 2 aromatic heterocycles. The monoisotopic (exact) mass is 537 g/mol. The first-order valence-corrected chi connectivity index (χ1v) is 13.2. The third kappa shape index (κ3) is 6.19. The third-order valence-electron chi connectivity index (χ3n) is 7.59. The van der Waals surface area contributed by atoms with Crippen molar-refractivity contribution in [3.63, 3.8) is 0 Å². The van der Waals surface area contributed by atoms with E-state index in [1.807, 2.05) is 60.7 Å². The van der Waals surface area contributed by atoms with Crippen molar-refractivity contribution < 1.29 is 23.0 Å². The van der Waals surface area contributed by atoms with E-state index in [1.165, 1.54) is 0 Å². The number of aliphatic hydroxyl groups is 1. The fourth-order valence-electron chi connectivity index (χ4n) is 5.47. The number of hydrogen-bond donors (Lipinski definition) is 2. The van der Waals surface area contributed by atoms with Gasteiger partial charge in [-0.25, -0.2) is 0 Å². The second-order valence-corrected chi connectivity index (χ2v) is 11.2. The van der Waals surface area contributed by atoms with Crippen molar-refractivity contribution in [3.8, 4) is 11.3 Å². The minimum atomic E-state index is -4.82. The molecule has 0 aliphatic carbocycles. The Morgan fingerprint density at radius 3 is 2.44 bits per heavy atom. The van der Waals surface area contributed by atoms with Gasteiger partial charge in [0.2, 0.25) is 0 Å². The fourth-order valence-corrected chi connectivity index (χ4v) is 5.47. The standard InChI is InChI=1S/C31H34F3N3O2/c1-29(2,25-10-6-7-22(15-25)20-37-11-13-39-14-12-37)21-30(38,31(32,33)34)18-26-16-24-17-27(35-19-28(24)36-26)23-8-4-3-5-9-23/h3-10,15-17,19,36,38H,11-14,18,20-21H2,1-2H3. The number of ether oxygens (including phenoxy) is 1. The molecule has 3 heterocycles. The fraction of sp³-hybridized carbons (Fsp3) is 0.387. The molecular weight excluding hydrogens is 503 g/mol. The largest absolute Gasteiger partial charge is 0.417 e. The van der Waals surface area contributed by atoms with Crippen LogP contribution in [-0.2, 0) is 23.1 Å². The number of nitrogens with zero attached hydrogens (tertiary/aromatic N) is 2. The van der Waals surface area contributed by atoms with Gasteiger partial charge in [0.1, 0.15) is 0 Å². The zero-order valence-electron chi connectivity index (χ0n) is 22.3. The van der Waals surface area contributed by atoms with Gasteiger partial charge in [-0.05, 0) is 35.1 Å². The normalized spacial score (nSPS) is 16.9. The maximum atomic E-state index is 14.5. The Kier molecular flexibility index (Phi) is 7.55. The van der Waals surface area contributed by atoms with Crippen LogP contribution < -0.4 is 0 Å². The summed E-state index contributed by atoms with van der Waals surface area (Å²) in [6, 6.07) is 20.8. The Bertz CT molecular complexity index is 1410. The molecule has 1 aliphatic rings. The summed E-state index contributed by atoms with van der Waals surface area (Å²) >= 11 is 0. The predicted molar refractivity (Wildman–Crippen MR) is 146 cm³/mol. The molecule has 0 radical (unpaired) electrons. The van der Waals surface area contributed by atoms with Crippen molar-refractivity contribution in [2.24, 2.45) is 0 Å². The molecule has 1 fully saturated rings. The molecule has 2 aromatic carbocycles. The number of nitrogens with one attached hydrogen (secondary N) is 1. The molecule has 1 unspecified atom stereocenters. The lowest BCUT2D eigenvalue weighted by atomic mass is 9.73. The SMILES string of the molecule is CC(C)(CC(O)(Cc1cc2cc(-c3ccccc3)ncc2[nH]1)C(F)(F)F)c1cccc(CN2CCOCC2)c1. The lowest BCUT2D eigenvalue weighted by molar-refractivity contribution is -0.266. The smallest absolute Gasteiger partial charge is 0.380 e. The van der Waals surface area contributed by atoms with Crippen LogP contribution in [0.4, 0.5) is 13.2 Å². The molecule has 0 saturated carbocycles. The van der Waals surface area contributed by atoms with Gasteiger partial charge in [0.15, 0.2) is 5.60 Å². The second kappa shape index (κ2) is 10.8. The van der Waals surface area contributed by atoms with E-state index in [4.69, 9.17) is 4.74 Å². The van der Waals surface area contributed by atoms with Gasteiger partial charge in [-0.1, -0.05) is 68.4 Å². The molecule has 5 nitrogen and oxygen atoms in total. The third-order valence-corrected chi connectivity index (χ3v) is 7.59. The van der Waals surface area contributed by atoms with Gasteiger partial charge in [-0.15, -0.1) is 0 Å². The van der Waals surface area contributed by atoms with Gasteiger partial charge < -0.3 is 14.8 Å². The quantitative estimate of drug-likeness (QED) is 0.278. The first-order valence-electron chi connectivity index (χ1n) is 13.2. The van der Waals surface area contributed by atoms with Crippen LogP contribution in [0.25, 0.3) is 22.2 Å². The highest BCUT2D eigenvalue weighted by molar-refractivity contribution is 5.83. The summed E-state index contributed by atoms with van der Waals surface area (Å²) < 4.78 is 48.8. The topological polar surface area (TPSA) is 61.4 Å². The number of aromatic amines is 1. The summed E-state index contributed by atoms with van der Waals surface area (Å²) in [4.78, 5) is 9.78. The van der Waals surface area contributed by atoms with Crippen LogP contribution in [-0.4, -0.2) is 58.1 Å². The van der Waals surface area contributed by atoms with Crippen LogP contribution in [0.2, 0.25) is 0 Å². The average molecular weight is 538 g/mol. The van der Waals surface area contributed by atoms with Crippen LogP contribution in [0, 0.1) is 0 Å². The summed E-state index contributed by atoms with van der Waals surface area (Å²) in [6.07, 6.45) is -4.26. The van der Waals surface area contributed by atoms with Crippen molar-refractivity contribution in [2.45, 2.75) is 50.4 Å². The number of H-pyrrole nitrogens is 1. The van der Waals surface area contributed by atoms with Gasteiger partial charge >= 0.3 is 6.18 Å². The molecule has 39 heavy (non-hydrogen) atoms. The molecule has 1 saturated heterocycles. The first kappa shape index (κ1) is 27.4. The Morgan fingerprint density at radius 2 is 1.72 bits per heavy atom. The number of aromatic nitrogens is 2. The number of alkyl halides is 3. The molecule has 5 rings (SSSR count). The van der Waals surface area contributed by atoms with Gasteiger partial charge in [-0.2, -0.15) is 13.2 Å². The molecular formula is C31H34F3N3O2. The first-order chi connectivity index (χ1) is 18.5. The minimum Gasteiger partial charge on any atom is -0.380 e. The van der Waals surface area contributed by atoms with E-state index in [1.54, 1.807) is 26.1 Å². The van der Waals surface area contributed by atoms with Crippen LogP contribution in [0.15, 0.2) is 72.9 Å². The van der Waals surface area contributed by atoms with Gasteiger partial charge in [0.05, 0.1) is 30.6 Å². The molecule has 2 N–H and O–H groups in total. The summed E-state index contributed by atoms with van der Waals surface area (Å²) in [5, 5.41) is 12.0. The van der Waals surface area contributed by atoms with Gasteiger partial charge in [-0.3, -0.25) is 9.88 Å². The van der Waals surface area contributed by atoms with Crippen molar-refractivity contribution in [2.75, 3.05) is 26.3 Å². The zero-order valence-corrected chi connectivity index (χ0v) is 22.3. The van der Waals surface area contributed by atoms with Crippen LogP contribution in [0.1, 0.15) is 37.1 Å². The summed E-state index contributed by atoms with van der Waals surface area (Å²) in [5.74, 6) is 0. The highest BCUT2D eigenvalue weighted by Gasteiger charge is 2.56. The van der Waals surface area contributed by atoms with Crippen molar-refractivity contribution in [1.82, 2.24) is 14.9 Å². The number of hydrogen-bond acceptors (Lipinski definition) is 4. The van der Waals surface area contributed by atoms with Gasteiger partial charge in [0, 0.05) is 42.7 Å². The van der Waals surface area contributed by atoms with Crippen LogP contribution in [0.5, 0.6) is 0 Å². The van der Waals surface area contributed by atoms with E-state index >= 15 is 0 Å². The molecule has 0 amide bonds. The van der Waals surface area contributed by atoms with E-state index in [0.717, 1.165) is 40.9 Å². The number of benzene rings is 2. The maximum absolute atomic E-state index is 14.5. The molecule has 0 spiro atoms. The molecule has 1 aliphatic heterocycles. The van der Waals surface area contributed by atoms with Crippen molar-refractivity contribution in [1.29, 1.82) is 0 Å². The molecule has 4 aromatic rings. The van der Waals surface area contributed by atoms with E-state index in [2.05, 4.69) is 14.9 Å². The minimum absolute atomic E-state index is 0.314. The second-order valence-electron chi connectivity index (χ2n) is 11.2. The Balaban J connectivity index is 1.38.